The molecule has 6 heteroatoms. The first kappa shape index (κ1) is 12.3. The van der Waals surface area contributed by atoms with E-state index in [4.69, 9.17) is 11.6 Å². The average molecular weight is 292 g/mol. The Bertz CT molecular complexity index is 770. The van der Waals surface area contributed by atoms with E-state index in [1.54, 1.807) is 10.2 Å². The number of halogens is 1. The van der Waals surface area contributed by atoms with Crippen molar-refractivity contribution in [3.05, 3.63) is 53.6 Å². The lowest BCUT2D eigenvalue weighted by Crippen LogP contribution is -2.04. The van der Waals surface area contributed by atoms with Gasteiger partial charge in [0.2, 0.25) is 0 Å². The molecule has 0 saturated heterocycles. The van der Waals surface area contributed by atoms with E-state index in [-0.39, 0.29) is 0 Å². The Labute approximate surface area is 117 Å². The Morgan fingerprint density at radius 1 is 1.21 bits per heavy atom. The van der Waals surface area contributed by atoms with Gasteiger partial charge >= 0.3 is 0 Å². The summed E-state index contributed by atoms with van der Waals surface area (Å²) in [5.74, 6) is 0. The van der Waals surface area contributed by atoms with Crippen LogP contribution in [0.15, 0.2) is 47.8 Å². The summed E-state index contributed by atoms with van der Waals surface area (Å²) in [6.45, 7) is 1.90. The minimum Gasteiger partial charge on any atom is -0.245 e. The van der Waals surface area contributed by atoms with Crippen molar-refractivity contribution in [3.8, 4) is 0 Å². The van der Waals surface area contributed by atoms with E-state index in [0.717, 1.165) is 10.9 Å². The summed E-state index contributed by atoms with van der Waals surface area (Å²) >= 11 is 6.06. The standard InChI is InChI=1S/C13H10ClN3OS/c1-9-7-17(13-11(9)12(14)15-8-16-13)19(18)10-5-3-2-4-6-10/h2-8H,1H3. The Morgan fingerprint density at radius 2 is 1.95 bits per heavy atom. The van der Waals surface area contributed by atoms with Crippen molar-refractivity contribution < 1.29 is 4.21 Å². The SMILES string of the molecule is Cc1cn(S(=O)c2ccccc2)c2ncnc(Cl)c12. The molecule has 0 saturated carbocycles. The Morgan fingerprint density at radius 3 is 2.68 bits per heavy atom. The third kappa shape index (κ3) is 2.05. The van der Waals surface area contributed by atoms with Crippen LogP contribution in [-0.2, 0) is 11.0 Å². The maximum atomic E-state index is 12.6. The van der Waals surface area contributed by atoms with Crippen molar-refractivity contribution >= 4 is 33.6 Å². The third-order valence-corrected chi connectivity index (χ3v) is 4.42. The summed E-state index contributed by atoms with van der Waals surface area (Å²) in [5, 5.41) is 1.12. The molecule has 0 radical (unpaired) electrons. The molecular weight excluding hydrogens is 282 g/mol. The summed E-state index contributed by atoms with van der Waals surface area (Å²) in [6, 6.07) is 9.24. The van der Waals surface area contributed by atoms with Crippen molar-refractivity contribution in [2.45, 2.75) is 11.8 Å². The van der Waals surface area contributed by atoms with E-state index in [1.165, 1.54) is 6.33 Å². The molecule has 0 fully saturated rings. The molecule has 0 aliphatic carbocycles. The van der Waals surface area contributed by atoms with E-state index in [2.05, 4.69) is 9.97 Å². The molecule has 0 aliphatic rings. The lowest BCUT2D eigenvalue weighted by atomic mass is 10.3. The zero-order chi connectivity index (χ0) is 13.4. The summed E-state index contributed by atoms with van der Waals surface area (Å²) in [7, 11) is -1.34. The number of hydrogen-bond donors (Lipinski definition) is 0. The number of rotatable bonds is 2. The monoisotopic (exact) mass is 291 g/mol. The normalized spacial score (nSPS) is 12.7. The maximum absolute atomic E-state index is 12.6. The van der Waals surface area contributed by atoms with Crippen molar-refractivity contribution in [2.24, 2.45) is 0 Å². The molecule has 0 amide bonds. The Balaban J connectivity index is 2.22. The topological polar surface area (TPSA) is 47.8 Å². The van der Waals surface area contributed by atoms with E-state index >= 15 is 0 Å². The molecule has 3 aromatic rings. The van der Waals surface area contributed by atoms with Crippen molar-refractivity contribution in [1.29, 1.82) is 0 Å². The van der Waals surface area contributed by atoms with Crippen LogP contribution in [0.4, 0.5) is 0 Å². The molecule has 4 nitrogen and oxygen atoms in total. The molecular formula is C13H10ClN3OS. The second-order valence-electron chi connectivity index (χ2n) is 4.06. The van der Waals surface area contributed by atoms with Crippen molar-refractivity contribution in [1.82, 2.24) is 13.9 Å². The van der Waals surface area contributed by atoms with Crippen LogP contribution in [0.1, 0.15) is 5.56 Å². The van der Waals surface area contributed by atoms with Crippen LogP contribution in [0.25, 0.3) is 11.0 Å². The lowest BCUT2D eigenvalue weighted by molar-refractivity contribution is 0.678. The fourth-order valence-electron chi connectivity index (χ4n) is 1.94. The number of aromatic nitrogens is 3. The summed E-state index contributed by atoms with van der Waals surface area (Å²) in [6.07, 6.45) is 3.16. The zero-order valence-electron chi connectivity index (χ0n) is 10.1. The van der Waals surface area contributed by atoms with Crippen molar-refractivity contribution in [3.63, 3.8) is 0 Å². The lowest BCUT2D eigenvalue weighted by Gasteiger charge is -2.04. The maximum Gasteiger partial charge on any atom is 0.158 e. The molecule has 19 heavy (non-hydrogen) atoms. The summed E-state index contributed by atoms with van der Waals surface area (Å²) < 4.78 is 14.2. The van der Waals surface area contributed by atoms with Crippen LogP contribution in [0, 0.1) is 6.92 Å². The van der Waals surface area contributed by atoms with E-state index in [0.29, 0.717) is 15.7 Å². The molecule has 0 aliphatic heterocycles. The fraction of sp³-hybridized carbons (Fsp3) is 0.0769. The van der Waals surface area contributed by atoms with E-state index < -0.39 is 11.0 Å². The Hall–Kier alpha value is -1.72. The number of aryl methyl sites for hydroxylation is 1. The first-order valence-electron chi connectivity index (χ1n) is 5.64. The predicted molar refractivity (Wildman–Crippen MR) is 75.5 cm³/mol. The third-order valence-electron chi connectivity index (χ3n) is 2.82. The van der Waals surface area contributed by atoms with Gasteiger partial charge in [-0.2, -0.15) is 0 Å². The van der Waals surface area contributed by atoms with Gasteiger partial charge in [-0.15, -0.1) is 0 Å². The van der Waals surface area contributed by atoms with Gasteiger partial charge < -0.3 is 0 Å². The first-order valence-corrected chi connectivity index (χ1v) is 7.12. The number of nitrogens with zero attached hydrogens (tertiary/aromatic N) is 3. The highest BCUT2D eigenvalue weighted by Gasteiger charge is 2.15. The second-order valence-corrected chi connectivity index (χ2v) is 5.78. The molecule has 2 aromatic heterocycles. The van der Waals surface area contributed by atoms with Gasteiger partial charge in [0.15, 0.2) is 16.6 Å². The smallest absolute Gasteiger partial charge is 0.158 e. The molecule has 1 aromatic carbocycles. The van der Waals surface area contributed by atoms with Crippen LogP contribution in [-0.4, -0.2) is 18.1 Å². The molecule has 1 atom stereocenters. The second kappa shape index (κ2) is 4.75. The molecule has 2 heterocycles. The highest BCUT2D eigenvalue weighted by atomic mass is 35.5. The van der Waals surface area contributed by atoms with Crippen LogP contribution in [0.2, 0.25) is 5.15 Å². The summed E-state index contributed by atoms with van der Waals surface area (Å²) in [4.78, 5) is 8.86. The minimum absolute atomic E-state index is 0.381. The van der Waals surface area contributed by atoms with Gasteiger partial charge in [0.1, 0.15) is 11.5 Å². The predicted octanol–water partition coefficient (Wildman–Crippen LogP) is 2.96. The van der Waals surface area contributed by atoms with Crippen LogP contribution < -0.4 is 0 Å². The van der Waals surface area contributed by atoms with Gasteiger partial charge in [-0.1, -0.05) is 29.8 Å². The number of benzene rings is 1. The molecule has 3 rings (SSSR count). The van der Waals surface area contributed by atoms with Crippen LogP contribution in [0.3, 0.4) is 0 Å². The fourth-order valence-corrected chi connectivity index (χ4v) is 3.38. The highest BCUT2D eigenvalue weighted by molar-refractivity contribution is 7.83. The van der Waals surface area contributed by atoms with Gasteiger partial charge in [-0.3, -0.25) is 0 Å². The van der Waals surface area contributed by atoms with Gasteiger partial charge in [0, 0.05) is 6.20 Å². The molecule has 0 N–H and O–H groups in total. The van der Waals surface area contributed by atoms with Crippen LogP contribution >= 0.6 is 11.6 Å². The van der Waals surface area contributed by atoms with Gasteiger partial charge in [0.05, 0.1) is 10.3 Å². The summed E-state index contributed by atoms with van der Waals surface area (Å²) in [5.41, 5.74) is 1.49. The number of fused-ring (bicyclic) bond motifs is 1. The van der Waals surface area contributed by atoms with E-state index in [1.807, 2.05) is 37.3 Å². The minimum atomic E-state index is -1.34. The molecule has 1 unspecified atom stereocenters. The first-order chi connectivity index (χ1) is 9.18. The van der Waals surface area contributed by atoms with Gasteiger partial charge in [-0.25, -0.2) is 18.1 Å². The molecule has 0 spiro atoms. The van der Waals surface area contributed by atoms with Gasteiger partial charge in [-0.05, 0) is 24.6 Å². The quantitative estimate of drug-likeness (QED) is 0.682. The van der Waals surface area contributed by atoms with Crippen LogP contribution in [0.5, 0.6) is 0 Å². The molecule has 96 valence electrons. The zero-order valence-corrected chi connectivity index (χ0v) is 11.6. The largest absolute Gasteiger partial charge is 0.245 e. The number of hydrogen-bond acceptors (Lipinski definition) is 3. The van der Waals surface area contributed by atoms with Crippen molar-refractivity contribution in [2.75, 3.05) is 0 Å². The van der Waals surface area contributed by atoms with Gasteiger partial charge in [0.25, 0.3) is 0 Å². The average Bonchev–Trinajstić information content (AvgIpc) is 2.78. The molecule has 0 bridgehead atoms. The van der Waals surface area contributed by atoms with E-state index in [9.17, 15) is 4.21 Å². The highest BCUT2D eigenvalue weighted by Crippen LogP contribution is 2.26. The Kier molecular flexibility index (Phi) is 3.08.